The average molecular weight is 281 g/mol. The van der Waals surface area contributed by atoms with E-state index in [1.165, 1.54) is 11.8 Å². The summed E-state index contributed by atoms with van der Waals surface area (Å²) < 4.78 is 0.876. The van der Waals surface area contributed by atoms with E-state index in [4.69, 9.17) is 0 Å². The highest BCUT2D eigenvalue weighted by Gasteiger charge is 2.05. The van der Waals surface area contributed by atoms with Gasteiger partial charge in [-0.1, -0.05) is 25.2 Å². The average Bonchev–Trinajstić information content (AvgIpc) is 2.74. The summed E-state index contributed by atoms with van der Waals surface area (Å²) in [5, 5.41) is 13.0. The summed E-state index contributed by atoms with van der Waals surface area (Å²) in [6, 6.07) is 0.461. The van der Waals surface area contributed by atoms with Crippen LogP contribution in [0.2, 0.25) is 0 Å². The molecule has 0 aliphatic rings. The molecule has 7 heteroatoms. The monoisotopic (exact) mass is 281 g/mol. The van der Waals surface area contributed by atoms with Crippen LogP contribution < -0.4 is 5.32 Å². The predicted octanol–water partition coefficient (Wildman–Crippen LogP) is 2.29. The fourth-order valence-corrected chi connectivity index (χ4v) is 2.82. The van der Waals surface area contributed by atoms with Gasteiger partial charge in [-0.25, -0.2) is 9.97 Å². The van der Waals surface area contributed by atoms with Gasteiger partial charge in [-0.05, 0) is 18.7 Å². The Bertz CT molecular complexity index is 494. The molecule has 2 rings (SSSR count). The molecular weight excluding hydrogens is 266 g/mol. The molecule has 18 heavy (non-hydrogen) atoms. The van der Waals surface area contributed by atoms with Crippen molar-refractivity contribution in [1.82, 2.24) is 25.5 Å². The molecule has 5 nitrogen and oxygen atoms in total. The summed E-state index contributed by atoms with van der Waals surface area (Å²) in [7, 11) is 0. The number of nitrogens with one attached hydrogen (secondary N) is 1. The van der Waals surface area contributed by atoms with Crippen molar-refractivity contribution in [3.63, 3.8) is 0 Å². The van der Waals surface area contributed by atoms with E-state index in [1.807, 2.05) is 19.3 Å². The second-order valence-corrected chi connectivity index (χ2v) is 6.49. The summed E-state index contributed by atoms with van der Waals surface area (Å²) in [5.41, 5.74) is 1.08. The topological polar surface area (TPSA) is 63.6 Å². The van der Waals surface area contributed by atoms with Crippen molar-refractivity contribution in [2.24, 2.45) is 0 Å². The van der Waals surface area contributed by atoms with Crippen LogP contribution in [-0.4, -0.2) is 26.2 Å². The van der Waals surface area contributed by atoms with Gasteiger partial charge in [-0.2, -0.15) is 0 Å². The summed E-state index contributed by atoms with van der Waals surface area (Å²) in [6.07, 6.45) is 3.69. The molecule has 0 aliphatic carbocycles. The minimum absolute atomic E-state index is 0.461. The minimum Gasteiger partial charge on any atom is -0.310 e. The maximum Gasteiger partial charge on any atom is 0.194 e. The first-order valence-corrected chi connectivity index (χ1v) is 7.29. The van der Waals surface area contributed by atoms with Gasteiger partial charge in [0.05, 0.1) is 0 Å². The Morgan fingerprint density at radius 1 is 1.28 bits per heavy atom. The van der Waals surface area contributed by atoms with Crippen LogP contribution in [0.4, 0.5) is 0 Å². The first-order valence-electron chi connectivity index (χ1n) is 5.66. The fraction of sp³-hybridized carbons (Fsp3) is 0.455. The molecule has 0 fully saturated rings. The molecule has 0 amide bonds. The number of rotatable bonds is 5. The van der Waals surface area contributed by atoms with Crippen LogP contribution in [-0.2, 0) is 6.54 Å². The van der Waals surface area contributed by atoms with Crippen LogP contribution in [0.3, 0.4) is 0 Å². The lowest BCUT2D eigenvalue weighted by Crippen LogP contribution is -2.21. The van der Waals surface area contributed by atoms with Gasteiger partial charge in [0.2, 0.25) is 0 Å². The van der Waals surface area contributed by atoms with Crippen molar-refractivity contribution in [3.05, 3.63) is 23.0 Å². The van der Waals surface area contributed by atoms with Gasteiger partial charge in [0.1, 0.15) is 5.01 Å². The third-order valence-electron chi connectivity index (χ3n) is 2.08. The molecule has 0 saturated carbocycles. The number of hydrogen-bond donors (Lipinski definition) is 1. The van der Waals surface area contributed by atoms with Gasteiger partial charge >= 0.3 is 0 Å². The van der Waals surface area contributed by atoms with E-state index in [0.717, 1.165) is 21.5 Å². The second-order valence-electron chi connectivity index (χ2n) is 4.10. The normalized spacial score (nSPS) is 11.1. The Kier molecular flexibility index (Phi) is 4.62. The van der Waals surface area contributed by atoms with Crippen LogP contribution in [0.5, 0.6) is 0 Å². The Balaban J connectivity index is 1.95. The second kappa shape index (κ2) is 6.21. The highest BCUT2D eigenvalue weighted by molar-refractivity contribution is 8.00. The van der Waals surface area contributed by atoms with E-state index in [0.29, 0.717) is 11.2 Å². The van der Waals surface area contributed by atoms with Gasteiger partial charge in [0, 0.05) is 30.5 Å². The maximum absolute atomic E-state index is 4.31. The highest BCUT2D eigenvalue weighted by atomic mass is 32.2. The quantitative estimate of drug-likeness (QED) is 0.848. The molecule has 0 spiro atoms. The van der Waals surface area contributed by atoms with E-state index >= 15 is 0 Å². The van der Waals surface area contributed by atoms with Gasteiger partial charge in [-0.15, -0.1) is 10.2 Å². The Morgan fingerprint density at radius 3 is 2.56 bits per heavy atom. The standard InChI is InChI=1S/C11H15N5S2/c1-7(2)12-4-9-5-13-10(14-6-9)18-11-16-15-8(3)17-11/h5-7,12H,4H2,1-3H3. The molecular formula is C11H15N5S2. The first kappa shape index (κ1) is 13.4. The molecule has 0 radical (unpaired) electrons. The Hall–Kier alpha value is -1.05. The van der Waals surface area contributed by atoms with Crippen LogP contribution in [0.25, 0.3) is 0 Å². The van der Waals surface area contributed by atoms with Crippen molar-refractivity contribution in [1.29, 1.82) is 0 Å². The van der Waals surface area contributed by atoms with Crippen molar-refractivity contribution in [2.45, 2.75) is 42.9 Å². The van der Waals surface area contributed by atoms with Crippen molar-refractivity contribution < 1.29 is 0 Å². The lowest BCUT2D eigenvalue weighted by atomic mass is 10.3. The Morgan fingerprint density at radius 2 is 2.00 bits per heavy atom. The molecule has 96 valence electrons. The van der Waals surface area contributed by atoms with E-state index in [9.17, 15) is 0 Å². The van der Waals surface area contributed by atoms with E-state index in [1.54, 1.807) is 11.3 Å². The third-order valence-corrected chi connectivity index (χ3v) is 3.87. The lowest BCUT2D eigenvalue weighted by molar-refractivity contribution is 0.585. The molecule has 0 aliphatic heterocycles. The van der Waals surface area contributed by atoms with Gasteiger partial charge in [-0.3, -0.25) is 0 Å². The zero-order chi connectivity index (χ0) is 13.0. The fourth-order valence-electron chi connectivity index (χ4n) is 1.21. The zero-order valence-corrected chi connectivity index (χ0v) is 12.2. The van der Waals surface area contributed by atoms with Gasteiger partial charge in [0.15, 0.2) is 9.50 Å². The molecule has 0 saturated heterocycles. The number of hydrogen-bond acceptors (Lipinski definition) is 7. The summed E-state index contributed by atoms with van der Waals surface area (Å²) in [5.74, 6) is 0. The van der Waals surface area contributed by atoms with E-state index in [-0.39, 0.29) is 0 Å². The summed E-state index contributed by atoms with van der Waals surface area (Å²) >= 11 is 2.99. The molecule has 2 heterocycles. The van der Waals surface area contributed by atoms with Gasteiger partial charge < -0.3 is 5.32 Å². The smallest absolute Gasteiger partial charge is 0.194 e. The van der Waals surface area contributed by atoms with Crippen molar-refractivity contribution >= 4 is 23.1 Å². The lowest BCUT2D eigenvalue weighted by Gasteiger charge is -2.07. The number of aryl methyl sites for hydroxylation is 1. The molecule has 2 aromatic heterocycles. The Labute approximate surface area is 114 Å². The molecule has 0 unspecified atom stereocenters. The summed E-state index contributed by atoms with van der Waals surface area (Å²) in [6.45, 7) is 6.95. The molecule has 2 aromatic rings. The number of nitrogens with zero attached hydrogens (tertiary/aromatic N) is 4. The third kappa shape index (κ3) is 4.01. The van der Waals surface area contributed by atoms with Gasteiger partial charge in [0.25, 0.3) is 0 Å². The van der Waals surface area contributed by atoms with Crippen molar-refractivity contribution in [2.75, 3.05) is 0 Å². The minimum atomic E-state index is 0.461. The van der Waals surface area contributed by atoms with Crippen LogP contribution in [0.15, 0.2) is 21.9 Å². The summed E-state index contributed by atoms with van der Waals surface area (Å²) in [4.78, 5) is 8.62. The first-order chi connectivity index (χ1) is 8.63. The molecule has 0 atom stereocenters. The zero-order valence-electron chi connectivity index (χ0n) is 10.5. The van der Waals surface area contributed by atoms with Crippen molar-refractivity contribution in [3.8, 4) is 0 Å². The predicted molar refractivity (Wildman–Crippen MR) is 72.8 cm³/mol. The highest BCUT2D eigenvalue weighted by Crippen LogP contribution is 2.26. The number of aromatic nitrogens is 4. The molecule has 0 bridgehead atoms. The molecule has 1 N–H and O–H groups in total. The maximum atomic E-state index is 4.31. The van der Waals surface area contributed by atoms with E-state index in [2.05, 4.69) is 39.3 Å². The van der Waals surface area contributed by atoms with Crippen LogP contribution in [0, 0.1) is 6.92 Å². The molecule has 0 aromatic carbocycles. The van der Waals surface area contributed by atoms with Crippen LogP contribution in [0.1, 0.15) is 24.4 Å². The van der Waals surface area contributed by atoms with Crippen LogP contribution >= 0.6 is 23.1 Å². The SMILES string of the molecule is Cc1nnc(Sc2ncc(CNC(C)C)cn2)s1. The van der Waals surface area contributed by atoms with E-state index < -0.39 is 0 Å². The largest absolute Gasteiger partial charge is 0.310 e.